The van der Waals surface area contributed by atoms with Crippen LogP contribution in [0.5, 0.6) is 0 Å². The summed E-state index contributed by atoms with van der Waals surface area (Å²) in [5, 5.41) is 6.76. The van der Waals surface area contributed by atoms with Crippen LogP contribution in [0.3, 0.4) is 0 Å². The summed E-state index contributed by atoms with van der Waals surface area (Å²) < 4.78 is 55.0. The molecule has 6 nitrogen and oxygen atoms in total. The number of para-hydroxylation sites is 1. The summed E-state index contributed by atoms with van der Waals surface area (Å²) in [6.45, 7) is 3.98. The maximum Gasteiger partial charge on any atom is 0.435 e. The Hall–Kier alpha value is -2.20. The number of halogens is 5. The van der Waals surface area contributed by atoms with Crippen molar-refractivity contribution in [1.29, 1.82) is 0 Å². The van der Waals surface area contributed by atoms with E-state index in [1.807, 2.05) is 13.8 Å². The Balaban J connectivity index is 0.00000392. The average Bonchev–Trinajstić information content (AvgIpc) is 3.04. The van der Waals surface area contributed by atoms with Crippen LogP contribution in [0.25, 0.3) is 5.69 Å². The fourth-order valence-electron chi connectivity index (χ4n) is 2.43. The van der Waals surface area contributed by atoms with Crippen molar-refractivity contribution in [3.05, 3.63) is 41.5 Å². The predicted molar refractivity (Wildman–Crippen MR) is 98.0 cm³/mol. The fourth-order valence-corrected chi connectivity index (χ4v) is 2.43. The van der Waals surface area contributed by atoms with E-state index >= 15 is 0 Å². The Morgan fingerprint density at radius 1 is 1.29 bits per heavy atom. The summed E-state index contributed by atoms with van der Waals surface area (Å²) >= 11 is 0. The molecule has 1 aromatic heterocycles. The Morgan fingerprint density at radius 3 is 2.43 bits per heavy atom. The Kier molecular flexibility index (Phi) is 7.94. The number of rotatable bonds is 6. The average molecular weight is 424 g/mol. The van der Waals surface area contributed by atoms with Crippen LogP contribution in [0.2, 0.25) is 0 Å². The lowest BCUT2D eigenvalue weighted by Gasteiger charge is -2.21. The van der Waals surface area contributed by atoms with Gasteiger partial charge in [-0.1, -0.05) is 31.2 Å². The highest BCUT2D eigenvalue weighted by Crippen LogP contribution is 2.33. The molecular formula is C17H22ClF4N5O. The first-order valence-corrected chi connectivity index (χ1v) is 8.32. The minimum absolute atomic E-state index is 0. The third-order valence-electron chi connectivity index (χ3n) is 4.22. The molecule has 2 aromatic rings. The van der Waals surface area contributed by atoms with Gasteiger partial charge in [0.05, 0.1) is 0 Å². The number of nitrogens with two attached hydrogens (primary N) is 1. The second kappa shape index (κ2) is 9.33. The summed E-state index contributed by atoms with van der Waals surface area (Å²) in [4.78, 5) is 13.6. The molecule has 0 aliphatic rings. The van der Waals surface area contributed by atoms with Crippen molar-refractivity contribution in [2.24, 2.45) is 11.7 Å². The van der Waals surface area contributed by atoms with Gasteiger partial charge in [-0.15, -0.1) is 17.5 Å². The SMILES string of the molecule is CC(C)C(N)CCN(C)C(=O)c1nnn(-c2ccccc2F)c1C(F)(F)F.Cl. The van der Waals surface area contributed by atoms with Crippen LogP contribution >= 0.6 is 12.4 Å². The lowest BCUT2D eigenvalue weighted by Crippen LogP contribution is -2.35. The Labute approximate surface area is 166 Å². The second-order valence-electron chi connectivity index (χ2n) is 6.57. The molecule has 0 aliphatic heterocycles. The van der Waals surface area contributed by atoms with Gasteiger partial charge in [-0.05, 0) is 24.5 Å². The third kappa shape index (κ3) is 5.20. The number of alkyl halides is 3. The molecule has 0 saturated carbocycles. The predicted octanol–water partition coefficient (Wildman–Crippen LogP) is 3.29. The first-order chi connectivity index (χ1) is 12.5. The van der Waals surface area contributed by atoms with Crippen LogP contribution in [0.4, 0.5) is 17.6 Å². The first kappa shape index (κ1) is 23.8. The molecule has 1 unspecified atom stereocenters. The molecule has 156 valence electrons. The lowest BCUT2D eigenvalue weighted by atomic mass is 10.0. The lowest BCUT2D eigenvalue weighted by molar-refractivity contribution is -0.143. The monoisotopic (exact) mass is 423 g/mol. The molecular weight excluding hydrogens is 402 g/mol. The van der Waals surface area contributed by atoms with E-state index in [1.54, 1.807) is 0 Å². The van der Waals surface area contributed by atoms with E-state index in [0.717, 1.165) is 17.0 Å². The van der Waals surface area contributed by atoms with Crippen LogP contribution < -0.4 is 5.73 Å². The van der Waals surface area contributed by atoms with Gasteiger partial charge in [0.15, 0.2) is 11.4 Å². The quantitative estimate of drug-likeness (QED) is 0.723. The van der Waals surface area contributed by atoms with E-state index in [-0.39, 0.29) is 30.9 Å². The molecule has 1 atom stereocenters. The minimum Gasteiger partial charge on any atom is -0.340 e. The van der Waals surface area contributed by atoms with Crippen molar-refractivity contribution in [2.75, 3.05) is 13.6 Å². The molecule has 0 fully saturated rings. The zero-order valence-electron chi connectivity index (χ0n) is 15.6. The summed E-state index contributed by atoms with van der Waals surface area (Å²) in [5.74, 6) is -1.70. The fraction of sp³-hybridized carbons (Fsp3) is 0.471. The molecule has 0 saturated heterocycles. The van der Waals surface area contributed by atoms with E-state index in [4.69, 9.17) is 5.73 Å². The standard InChI is InChI=1S/C17H21F4N5O.ClH/c1-10(2)12(22)8-9-25(3)16(27)14-15(17(19,20)21)26(24-23-14)13-7-5-4-6-11(13)18;/h4-7,10,12H,8-9,22H2,1-3H3;1H. The van der Waals surface area contributed by atoms with Gasteiger partial charge >= 0.3 is 6.18 Å². The van der Waals surface area contributed by atoms with Crippen LogP contribution in [0, 0.1) is 11.7 Å². The maximum atomic E-state index is 13.9. The molecule has 2 N–H and O–H groups in total. The molecule has 1 amide bonds. The van der Waals surface area contributed by atoms with Gasteiger partial charge in [-0.2, -0.15) is 13.2 Å². The number of hydrogen-bond acceptors (Lipinski definition) is 4. The highest BCUT2D eigenvalue weighted by Gasteiger charge is 2.43. The summed E-state index contributed by atoms with van der Waals surface area (Å²) in [5.41, 5.74) is 3.16. The van der Waals surface area contributed by atoms with Crippen molar-refractivity contribution in [2.45, 2.75) is 32.5 Å². The molecule has 11 heteroatoms. The zero-order chi connectivity index (χ0) is 20.4. The number of hydrogen-bond donors (Lipinski definition) is 1. The van der Waals surface area contributed by atoms with Gasteiger partial charge < -0.3 is 10.6 Å². The van der Waals surface area contributed by atoms with Gasteiger partial charge in [-0.3, -0.25) is 4.79 Å². The highest BCUT2D eigenvalue weighted by atomic mass is 35.5. The molecule has 1 heterocycles. The summed E-state index contributed by atoms with van der Waals surface area (Å²) in [7, 11) is 1.36. The number of amides is 1. The Bertz CT molecular complexity index is 809. The van der Waals surface area contributed by atoms with Gasteiger partial charge in [0.25, 0.3) is 5.91 Å². The molecule has 28 heavy (non-hydrogen) atoms. The molecule has 2 rings (SSSR count). The smallest absolute Gasteiger partial charge is 0.340 e. The van der Waals surface area contributed by atoms with Crippen LogP contribution in [0.15, 0.2) is 24.3 Å². The largest absolute Gasteiger partial charge is 0.435 e. The molecule has 0 bridgehead atoms. The van der Waals surface area contributed by atoms with Crippen molar-refractivity contribution >= 4 is 18.3 Å². The molecule has 0 radical (unpaired) electrons. The molecule has 0 aliphatic carbocycles. The van der Waals surface area contributed by atoms with Crippen LogP contribution in [-0.4, -0.2) is 45.4 Å². The van der Waals surface area contributed by atoms with Crippen LogP contribution in [0.1, 0.15) is 36.5 Å². The normalized spacial score (nSPS) is 12.6. The topological polar surface area (TPSA) is 77.0 Å². The molecule has 0 spiro atoms. The van der Waals surface area contributed by atoms with Gasteiger partial charge in [0.2, 0.25) is 0 Å². The number of benzene rings is 1. The van der Waals surface area contributed by atoms with Crippen LogP contribution in [-0.2, 0) is 6.18 Å². The van der Waals surface area contributed by atoms with Gasteiger partial charge in [-0.25, -0.2) is 9.07 Å². The Morgan fingerprint density at radius 2 is 1.89 bits per heavy atom. The third-order valence-corrected chi connectivity index (χ3v) is 4.22. The summed E-state index contributed by atoms with van der Waals surface area (Å²) in [6, 6.07) is 4.62. The number of aromatic nitrogens is 3. The second-order valence-corrected chi connectivity index (χ2v) is 6.57. The van der Waals surface area contributed by atoms with E-state index in [1.165, 1.54) is 19.2 Å². The number of carbonyl (C=O) groups excluding carboxylic acids is 1. The first-order valence-electron chi connectivity index (χ1n) is 8.32. The van der Waals surface area contributed by atoms with E-state index < -0.39 is 35.0 Å². The number of nitrogens with zero attached hydrogens (tertiary/aromatic N) is 4. The van der Waals surface area contributed by atoms with Gasteiger partial charge in [0.1, 0.15) is 11.5 Å². The van der Waals surface area contributed by atoms with E-state index in [0.29, 0.717) is 11.1 Å². The highest BCUT2D eigenvalue weighted by molar-refractivity contribution is 5.93. The number of carbonyl (C=O) groups is 1. The van der Waals surface area contributed by atoms with E-state index in [9.17, 15) is 22.4 Å². The zero-order valence-corrected chi connectivity index (χ0v) is 16.4. The van der Waals surface area contributed by atoms with Gasteiger partial charge in [0, 0.05) is 19.6 Å². The summed E-state index contributed by atoms with van der Waals surface area (Å²) in [6.07, 6.45) is -4.53. The van der Waals surface area contributed by atoms with Crippen molar-refractivity contribution < 1.29 is 22.4 Å². The van der Waals surface area contributed by atoms with Crippen molar-refractivity contribution in [1.82, 2.24) is 19.9 Å². The molecule has 1 aromatic carbocycles. The maximum absolute atomic E-state index is 13.9. The van der Waals surface area contributed by atoms with Crippen molar-refractivity contribution in [3.63, 3.8) is 0 Å². The van der Waals surface area contributed by atoms with Crippen molar-refractivity contribution in [3.8, 4) is 5.69 Å². The minimum atomic E-state index is -4.95. The van der Waals surface area contributed by atoms with E-state index in [2.05, 4.69) is 10.3 Å².